The van der Waals surface area contributed by atoms with Crippen molar-refractivity contribution in [2.75, 3.05) is 20.2 Å². The number of hydrogen-bond donors (Lipinski definition) is 1. The van der Waals surface area contributed by atoms with E-state index in [2.05, 4.69) is 16.5 Å². The van der Waals surface area contributed by atoms with E-state index in [0.29, 0.717) is 34.1 Å². The van der Waals surface area contributed by atoms with Crippen LogP contribution < -0.4 is 4.74 Å². The summed E-state index contributed by atoms with van der Waals surface area (Å²) in [5.41, 5.74) is 1.06. The number of nitrogens with zero attached hydrogens (tertiary/aromatic N) is 2. The molecule has 5 atom stereocenters. The Bertz CT molecular complexity index is 1070. The summed E-state index contributed by atoms with van der Waals surface area (Å²) in [6.45, 7) is 5.74. The quantitative estimate of drug-likeness (QED) is 0.548. The first kappa shape index (κ1) is 17.2. The third kappa shape index (κ3) is 2.38. The summed E-state index contributed by atoms with van der Waals surface area (Å²) in [5, 5.41) is 12.1. The smallest absolute Gasteiger partial charge is 0.228 e. The van der Waals surface area contributed by atoms with Gasteiger partial charge in [-0.15, -0.1) is 6.58 Å². The highest BCUT2D eigenvalue weighted by atomic mass is 32.2. The summed E-state index contributed by atoms with van der Waals surface area (Å²) in [5.74, 6) is 1.56. The van der Waals surface area contributed by atoms with Crippen LogP contribution in [0.25, 0.3) is 10.9 Å². The highest BCUT2D eigenvalue weighted by Crippen LogP contribution is 2.50. The van der Waals surface area contributed by atoms with Gasteiger partial charge in [-0.25, -0.2) is 13.4 Å². The van der Waals surface area contributed by atoms with Gasteiger partial charge in [-0.3, -0.25) is 4.90 Å². The molecule has 6 nitrogen and oxygen atoms in total. The Morgan fingerprint density at radius 2 is 2.26 bits per heavy atom. The number of aliphatic hydroxyl groups is 1. The molecule has 3 saturated heterocycles. The van der Waals surface area contributed by atoms with Crippen molar-refractivity contribution in [3.8, 4) is 5.75 Å². The zero-order valence-electron chi connectivity index (χ0n) is 15.1. The number of aromatic nitrogens is 1. The second-order valence-electron chi connectivity index (χ2n) is 7.74. The van der Waals surface area contributed by atoms with E-state index in [-0.39, 0.29) is 16.0 Å². The maximum atomic E-state index is 12.4. The number of piperidine rings is 3. The lowest BCUT2D eigenvalue weighted by Crippen LogP contribution is -2.54. The van der Waals surface area contributed by atoms with Crippen LogP contribution in [0, 0.1) is 11.8 Å². The molecule has 2 unspecified atom stereocenters. The molecule has 0 radical (unpaired) electrons. The van der Waals surface area contributed by atoms with Crippen molar-refractivity contribution in [1.29, 1.82) is 0 Å². The molecule has 0 aliphatic carbocycles. The van der Waals surface area contributed by atoms with Crippen LogP contribution in [0.4, 0.5) is 0 Å². The Kier molecular flexibility index (Phi) is 3.67. The van der Waals surface area contributed by atoms with E-state index < -0.39 is 15.9 Å². The largest absolute Gasteiger partial charge is 0.497 e. The number of fused-ring (bicyclic) bond motifs is 5. The van der Waals surface area contributed by atoms with E-state index in [4.69, 9.17) is 4.74 Å². The molecule has 6 rings (SSSR count). The highest BCUT2D eigenvalue weighted by molar-refractivity contribution is 7.97. The minimum Gasteiger partial charge on any atom is -0.497 e. The summed E-state index contributed by atoms with van der Waals surface area (Å²) >= 11 is 0. The standard InChI is InChI=1S/C20H22N2O4S/c1-3-11-10-22-7-6-12(11)8-16(22)18(23)17-14-9-13(26-2)4-5-15(14)21-20-19(17)27(20,24)25/h3-5,9,11-12,16,18,23H,1,6-8,10H2,2H3/t11-,12?,16-,18-/m0/s1. The Morgan fingerprint density at radius 1 is 1.44 bits per heavy atom. The van der Waals surface area contributed by atoms with E-state index in [1.165, 1.54) is 0 Å². The van der Waals surface area contributed by atoms with E-state index in [1.807, 2.05) is 6.08 Å². The van der Waals surface area contributed by atoms with Crippen LogP contribution >= 0.6 is 0 Å². The number of hydrogen-bond acceptors (Lipinski definition) is 6. The molecule has 2 bridgehead atoms. The Balaban J connectivity index is 1.63. The monoisotopic (exact) mass is 386 g/mol. The minimum absolute atomic E-state index is 0.0864. The lowest BCUT2D eigenvalue weighted by Gasteiger charge is -2.50. The predicted octanol–water partition coefficient (Wildman–Crippen LogP) is 2.32. The summed E-state index contributed by atoms with van der Waals surface area (Å²) in [6, 6.07) is 5.20. The van der Waals surface area contributed by atoms with Gasteiger partial charge in [-0.2, -0.15) is 0 Å². The van der Waals surface area contributed by atoms with Gasteiger partial charge in [0, 0.05) is 23.5 Å². The molecule has 1 aromatic heterocycles. The fourth-order valence-corrected chi connectivity index (χ4v) is 6.40. The van der Waals surface area contributed by atoms with Crippen molar-refractivity contribution in [2.45, 2.75) is 34.9 Å². The fraction of sp³-hybridized carbons (Fsp3) is 0.450. The minimum atomic E-state index is -3.49. The normalized spacial score (nSPS) is 31.3. The molecule has 142 valence electrons. The molecule has 0 spiro atoms. The van der Waals surface area contributed by atoms with Crippen LogP contribution in [0.3, 0.4) is 0 Å². The van der Waals surface area contributed by atoms with Gasteiger partial charge in [-0.1, -0.05) is 6.08 Å². The maximum absolute atomic E-state index is 12.4. The van der Waals surface area contributed by atoms with Gasteiger partial charge in [0.1, 0.15) is 10.6 Å². The third-order valence-electron chi connectivity index (χ3n) is 6.45. The highest BCUT2D eigenvalue weighted by Gasteiger charge is 2.50. The molecule has 1 aromatic carbocycles. The second-order valence-corrected chi connectivity index (χ2v) is 9.54. The number of sulfone groups is 1. The van der Waals surface area contributed by atoms with Gasteiger partial charge in [0.2, 0.25) is 9.84 Å². The van der Waals surface area contributed by atoms with E-state index >= 15 is 0 Å². The lowest BCUT2D eigenvalue weighted by molar-refractivity contribution is -0.0452. The Hall–Kier alpha value is -1.96. The van der Waals surface area contributed by atoms with Crippen molar-refractivity contribution in [3.63, 3.8) is 0 Å². The van der Waals surface area contributed by atoms with Crippen molar-refractivity contribution in [2.24, 2.45) is 11.8 Å². The molecule has 3 fully saturated rings. The van der Waals surface area contributed by atoms with Crippen LogP contribution in [-0.2, 0) is 9.84 Å². The Morgan fingerprint density at radius 3 is 2.93 bits per heavy atom. The molecule has 4 aliphatic heterocycles. The van der Waals surface area contributed by atoms with E-state index in [9.17, 15) is 13.5 Å². The third-order valence-corrected chi connectivity index (χ3v) is 8.00. The van der Waals surface area contributed by atoms with Crippen LogP contribution in [0.2, 0.25) is 0 Å². The number of methoxy groups -OCH3 is 1. The molecular weight excluding hydrogens is 364 g/mol. The van der Waals surface area contributed by atoms with E-state index in [0.717, 1.165) is 25.9 Å². The van der Waals surface area contributed by atoms with Crippen molar-refractivity contribution in [3.05, 3.63) is 36.4 Å². The number of aliphatic hydroxyl groups excluding tert-OH is 1. The maximum Gasteiger partial charge on any atom is 0.228 e. The van der Waals surface area contributed by atoms with Gasteiger partial charge in [-0.05, 0) is 49.4 Å². The first-order valence-corrected chi connectivity index (χ1v) is 10.8. The molecule has 2 aromatic rings. The number of benzene rings is 1. The summed E-state index contributed by atoms with van der Waals surface area (Å²) in [6.07, 6.45) is 3.09. The van der Waals surface area contributed by atoms with Gasteiger partial charge in [0.15, 0.2) is 5.03 Å². The average Bonchev–Trinajstić information content (AvgIpc) is 3.25. The van der Waals surface area contributed by atoms with Crippen molar-refractivity contribution >= 4 is 20.7 Å². The van der Waals surface area contributed by atoms with Gasteiger partial charge in [0.25, 0.3) is 0 Å². The predicted molar refractivity (Wildman–Crippen MR) is 100 cm³/mol. The molecule has 27 heavy (non-hydrogen) atoms. The zero-order valence-corrected chi connectivity index (χ0v) is 15.9. The van der Waals surface area contributed by atoms with Crippen molar-refractivity contribution < 1.29 is 18.3 Å². The van der Waals surface area contributed by atoms with Crippen LogP contribution in [0.15, 0.2) is 40.8 Å². The molecule has 0 amide bonds. The summed E-state index contributed by atoms with van der Waals surface area (Å²) < 4.78 is 30.2. The Labute approximate surface area is 158 Å². The van der Waals surface area contributed by atoms with Gasteiger partial charge >= 0.3 is 0 Å². The summed E-state index contributed by atoms with van der Waals surface area (Å²) in [7, 11) is -1.92. The molecular formula is C20H22N2O4S. The molecule has 0 saturated carbocycles. The number of rotatable bonds is 4. The second kappa shape index (κ2) is 5.77. The molecule has 7 heteroatoms. The number of ether oxygens (including phenoxy) is 1. The van der Waals surface area contributed by atoms with E-state index in [1.54, 1.807) is 25.3 Å². The summed E-state index contributed by atoms with van der Waals surface area (Å²) in [4.78, 5) is 6.77. The van der Waals surface area contributed by atoms with Crippen LogP contribution in [0.1, 0.15) is 24.5 Å². The molecule has 4 aliphatic rings. The van der Waals surface area contributed by atoms with Crippen LogP contribution in [-0.4, -0.2) is 49.6 Å². The first-order chi connectivity index (χ1) is 13.0. The first-order valence-electron chi connectivity index (χ1n) is 9.27. The molecule has 1 N–H and O–H groups in total. The zero-order chi connectivity index (χ0) is 18.9. The SMILES string of the molecule is C=C[C@H]1CN2CCC1C[C@H]2[C@H](O)c1c2c(nc3ccc(OC)cc13)S2(=O)=O. The average molecular weight is 386 g/mol. The topological polar surface area (TPSA) is 79.7 Å². The van der Waals surface area contributed by atoms with Gasteiger partial charge < -0.3 is 9.84 Å². The molecule has 5 heterocycles. The lowest BCUT2D eigenvalue weighted by atomic mass is 9.73. The van der Waals surface area contributed by atoms with Crippen molar-refractivity contribution in [1.82, 2.24) is 9.88 Å². The number of pyridine rings is 1. The fourth-order valence-electron chi connectivity index (χ4n) is 4.93. The van der Waals surface area contributed by atoms with Crippen LogP contribution in [0.5, 0.6) is 5.75 Å². The van der Waals surface area contributed by atoms with Gasteiger partial charge in [0.05, 0.1) is 18.7 Å².